The predicted octanol–water partition coefficient (Wildman–Crippen LogP) is 1.59. The number of rotatable bonds is 2. The van der Waals surface area contributed by atoms with Gasteiger partial charge in [0.25, 0.3) is 0 Å². The van der Waals surface area contributed by atoms with Crippen LogP contribution in [0.5, 0.6) is 5.88 Å². The van der Waals surface area contributed by atoms with Crippen LogP contribution in [0.3, 0.4) is 0 Å². The fourth-order valence-corrected chi connectivity index (χ4v) is 2.16. The van der Waals surface area contributed by atoms with Gasteiger partial charge in [-0.25, -0.2) is 4.98 Å². The molecule has 0 aromatic carbocycles. The largest absolute Gasteiger partial charge is 0.481 e. The number of aromatic nitrogens is 2. The summed E-state index contributed by atoms with van der Waals surface area (Å²) in [6, 6.07) is 0.473. The van der Waals surface area contributed by atoms with E-state index in [9.17, 15) is 0 Å². The van der Waals surface area contributed by atoms with Gasteiger partial charge in [-0.3, -0.25) is 0 Å². The second-order valence-electron chi connectivity index (χ2n) is 3.69. The topological polar surface area (TPSA) is 38.3 Å². The fraction of sp³-hybridized carbons (Fsp3) is 0.600. The Kier molecular flexibility index (Phi) is 2.73. The maximum atomic E-state index is 5.31. The second kappa shape index (κ2) is 3.89. The predicted molar refractivity (Wildman–Crippen MR) is 61.9 cm³/mol. The highest BCUT2D eigenvalue weighted by Crippen LogP contribution is 2.35. The third-order valence-electron chi connectivity index (χ3n) is 2.80. The number of anilines is 1. The molecule has 0 saturated heterocycles. The Labute approximate surface area is 94.1 Å². The molecule has 0 radical (unpaired) electrons. The first kappa shape index (κ1) is 10.5. The van der Waals surface area contributed by atoms with Crippen LogP contribution in [-0.4, -0.2) is 36.4 Å². The molecular weight excluding hydrogens is 210 g/mol. The summed E-state index contributed by atoms with van der Waals surface area (Å²) in [5, 5.41) is 0.770. The lowest BCUT2D eigenvalue weighted by Crippen LogP contribution is -2.24. The van der Waals surface area contributed by atoms with Crippen molar-refractivity contribution < 1.29 is 4.74 Å². The van der Waals surface area contributed by atoms with Crippen LogP contribution in [0.2, 0.25) is 0 Å². The summed E-state index contributed by atoms with van der Waals surface area (Å²) >= 11 is 1.54. The van der Waals surface area contributed by atoms with E-state index in [0.717, 1.165) is 28.8 Å². The van der Waals surface area contributed by atoms with Crippen molar-refractivity contribution in [2.45, 2.75) is 24.5 Å². The Morgan fingerprint density at radius 3 is 2.80 bits per heavy atom. The molecule has 1 unspecified atom stereocenters. The van der Waals surface area contributed by atoms with Crippen molar-refractivity contribution in [1.29, 1.82) is 0 Å². The van der Waals surface area contributed by atoms with Crippen LogP contribution in [-0.2, 0) is 6.42 Å². The number of methoxy groups -OCH3 is 1. The smallest absolute Gasteiger partial charge is 0.222 e. The van der Waals surface area contributed by atoms with Gasteiger partial charge >= 0.3 is 0 Å². The summed E-state index contributed by atoms with van der Waals surface area (Å²) in [5.74, 6) is 1.74. The van der Waals surface area contributed by atoms with Gasteiger partial charge in [-0.05, 0) is 13.2 Å². The van der Waals surface area contributed by atoms with Crippen molar-refractivity contribution in [2.75, 3.05) is 25.3 Å². The number of thioether (sulfide) groups is 1. The number of hydrogen-bond donors (Lipinski definition) is 0. The van der Waals surface area contributed by atoms with Crippen molar-refractivity contribution in [3.05, 3.63) is 5.56 Å². The molecule has 0 fully saturated rings. The van der Waals surface area contributed by atoms with Gasteiger partial charge in [-0.2, -0.15) is 4.98 Å². The molecular formula is C10H15N3OS. The van der Waals surface area contributed by atoms with Gasteiger partial charge in [0, 0.05) is 19.5 Å². The Bertz CT molecular complexity index is 383. The molecule has 82 valence electrons. The highest BCUT2D eigenvalue weighted by atomic mass is 32.2. The average Bonchev–Trinajstić information content (AvgIpc) is 2.54. The molecule has 4 nitrogen and oxygen atoms in total. The lowest BCUT2D eigenvalue weighted by atomic mass is 10.2. The van der Waals surface area contributed by atoms with Crippen molar-refractivity contribution in [2.24, 2.45) is 0 Å². The number of hydrogen-bond acceptors (Lipinski definition) is 5. The molecule has 15 heavy (non-hydrogen) atoms. The van der Waals surface area contributed by atoms with Gasteiger partial charge in [-0.15, -0.1) is 0 Å². The molecule has 0 aliphatic carbocycles. The van der Waals surface area contributed by atoms with E-state index in [1.54, 1.807) is 7.11 Å². The lowest BCUT2D eigenvalue weighted by molar-refractivity contribution is 0.388. The van der Waals surface area contributed by atoms with Crippen LogP contribution in [0.15, 0.2) is 5.16 Å². The number of fused-ring (bicyclic) bond motifs is 1. The van der Waals surface area contributed by atoms with Gasteiger partial charge in [0.1, 0.15) is 5.82 Å². The molecule has 1 aliphatic rings. The Morgan fingerprint density at radius 1 is 1.47 bits per heavy atom. The first-order chi connectivity index (χ1) is 7.17. The van der Waals surface area contributed by atoms with Crippen molar-refractivity contribution in [3.63, 3.8) is 0 Å². The Hall–Kier alpha value is -0.970. The van der Waals surface area contributed by atoms with Crippen molar-refractivity contribution >= 4 is 17.6 Å². The van der Waals surface area contributed by atoms with Crippen molar-refractivity contribution in [3.8, 4) is 5.88 Å². The van der Waals surface area contributed by atoms with Gasteiger partial charge in [-0.1, -0.05) is 11.8 Å². The summed E-state index contributed by atoms with van der Waals surface area (Å²) in [6.45, 7) is 2.18. The van der Waals surface area contributed by atoms with Gasteiger partial charge in [0.15, 0.2) is 5.16 Å². The quantitative estimate of drug-likeness (QED) is 0.564. The van der Waals surface area contributed by atoms with Gasteiger partial charge < -0.3 is 9.64 Å². The Morgan fingerprint density at radius 2 is 2.20 bits per heavy atom. The molecule has 0 bridgehead atoms. The van der Waals surface area contributed by atoms with Crippen LogP contribution in [0.25, 0.3) is 0 Å². The molecule has 1 aliphatic heterocycles. The first-order valence-electron chi connectivity index (χ1n) is 4.89. The van der Waals surface area contributed by atoms with Crippen LogP contribution < -0.4 is 9.64 Å². The zero-order valence-corrected chi connectivity index (χ0v) is 10.3. The minimum absolute atomic E-state index is 0.473. The molecule has 5 heteroatoms. The normalized spacial score (nSPS) is 19.2. The molecule has 0 saturated carbocycles. The van der Waals surface area contributed by atoms with Crippen molar-refractivity contribution in [1.82, 2.24) is 9.97 Å². The zero-order valence-electron chi connectivity index (χ0n) is 9.44. The number of likely N-dealkylation sites (N-methyl/N-ethyl adjacent to an activating group) is 1. The Balaban J connectivity index is 2.52. The van der Waals surface area contributed by atoms with Gasteiger partial charge in [0.2, 0.25) is 5.88 Å². The van der Waals surface area contributed by atoms with E-state index < -0.39 is 0 Å². The van der Waals surface area contributed by atoms with Crippen LogP contribution in [0.4, 0.5) is 5.82 Å². The van der Waals surface area contributed by atoms with E-state index in [-0.39, 0.29) is 0 Å². The standard InChI is InChI=1S/C10H15N3OS/c1-6-5-7-8(13(6)2)11-10(15-4)12-9(7)14-3/h6H,5H2,1-4H3. The second-order valence-corrected chi connectivity index (χ2v) is 4.46. The minimum Gasteiger partial charge on any atom is -0.481 e. The molecule has 0 N–H and O–H groups in total. The number of nitrogens with zero attached hydrogens (tertiary/aromatic N) is 3. The third-order valence-corrected chi connectivity index (χ3v) is 3.35. The molecule has 2 heterocycles. The zero-order chi connectivity index (χ0) is 11.0. The summed E-state index contributed by atoms with van der Waals surface area (Å²) in [6.07, 6.45) is 2.93. The van der Waals surface area contributed by atoms with E-state index in [1.807, 2.05) is 6.26 Å². The number of ether oxygens (including phenoxy) is 1. The maximum Gasteiger partial charge on any atom is 0.222 e. The SMILES string of the molecule is COc1nc(SC)nc2c1CC(C)N2C. The fourth-order valence-electron chi connectivity index (χ4n) is 1.80. The van der Waals surface area contributed by atoms with Crippen LogP contribution in [0, 0.1) is 0 Å². The van der Waals surface area contributed by atoms with Crippen LogP contribution in [0.1, 0.15) is 12.5 Å². The van der Waals surface area contributed by atoms with E-state index in [2.05, 4.69) is 28.8 Å². The summed E-state index contributed by atoms with van der Waals surface area (Å²) in [7, 11) is 3.72. The summed E-state index contributed by atoms with van der Waals surface area (Å²) < 4.78 is 5.31. The van der Waals surface area contributed by atoms with Crippen LogP contribution >= 0.6 is 11.8 Å². The molecule has 0 spiro atoms. The average molecular weight is 225 g/mol. The monoisotopic (exact) mass is 225 g/mol. The van der Waals surface area contributed by atoms with E-state index >= 15 is 0 Å². The minimum atomic E-state index is 0.473. The van der Waals surface area contributed by atoms with E-state index in [1.165, 1.54) is 11.8 Å². The first-order valence-corrected chi connectivity index (χ1v) is 6.11. The highest BCUT2D eigenvalue weighted by Gasteiger charge is 2.29. The molecule has 1 aromatic rings. The maximum absolute atomic E-state index is 5.31. The molecule has 1 atom stereocenters. The van der Waals surface area contributed by atoms with Gasteiger partial charge in [0.05, 0.1) is 12.7 Å². The van der Waals surface area contributed by atoms with E-state index in [4.69, 9.17) is 4.74 Å². The molecule has 0 amide bonds. The highest BCUT2D eigenvalue weighted by molar-refractivity contribution is 7.98. The lowest BCUT2D eigenvalue weighted by Gasteiger charge is -2.17. The van der Waals surface area contributed by atoms with E-state index in [0.29, 0.717) is 6.04 Å². The molecule has 1 aromatic heterocycles. The third kappa shape index (κ3) is 1.65. The summed E-state index contributed by atoms with van der Waals surface area (Å²) in [4.78, 5) is 11.0. The molecule has 2 rings (SSSR count). The summed E-state index contributed by atoms with van der Waals surface area (Å²) in [5.41, 5.74) is 1.13.